The summed E-state index contributed by atoms with van der Waals surface area (Å²) < 4.78 is 81.1. The molecule has 2 aromatic carbocycles. The predicted molar refractivity (Wildman–Crippen MR) is 171 cm³/mol. The molecule has 48 heavy (non-hydrogen) atoms. The predicted octanol–water partition coefficient (Wildman–Crippen LogP) is 7.38. The molecule has 1 N–H and O–H groups in total. The zero-order valence-electron chi connectivity index (χ0n) is 25.8. The molecular formula is C33H31ClF5N7O2. The van der Waals surface area contributed by atoms with Gasteiger partial charge in [0.05, 0.1) is 35.9 Å². The molecule has 0 unspecified atom stereocenters. The van der Waals surface area contributed by atoms with Gasteiger partial charge in [-0.15, -0.1) is 0 Å². The first-order chi connectivity index (χ1) is 23.1. The monoisotopic (exact) mass is 687 g/mol. The Kier molecular flexibility index (Phi) is 10.0. The zero-order chi connectivity index (χ0) is 33.8. The van der Waals surface area contributed by atoms with Crippen LogP contribution in [0.3, 0.4) is 0 Å². The van der Waals surface area contributed by atoms with E-state index in [2.05, 4.69) is 15.3 Å². The van der Waals surface area contributed by atoms with Crippen molar-refractivity contribution in [2.24, 2.45) is 0 Å². The minimum absolute atomic E-state index is 0.0469. The Morgan fingerprint density at radius 3 is 2.48 bits per heavy atom. The van der Waals surface area contributed by atoms with Crippen LogP contribution in [0.25, 0.3) is 22.4 Å². The standard InChI is InChI=1S/C33H31ClF5N7O2/c1-47-12-13-48-21-14-26(35)24(27(36)15-21)18-46-29-5-3-2-4-22(29)30(44-46)32-41-16-23(20-7-10-45(11-8-20)19-33(37,38)39)31(43-32)42-28-6-9-40-17-25(28)34/h2-6,9,14-17,20H,7-8,10-13,18-19H2,1H3,(H,40,41,42,43). The van der Waals surface area contributed by atoms with Crippen molar-refractivity contribution in [1.29, 1.82) is 0 Å². The number of halogens is 6. The highest BCUT2D eigenvalue weighted by atomic mass is 35.5. The van der Waals surface area contributed by atoms with Gasteiger partial charge in [-0.2, -0.15) is 18.3 Å². The molecule has 3 aromatic heterocycles. The molecule has 1 aliphatic heterocycles. The Balaban J connectivity index is 1.34. The molecule has 1 fully saturated rings. The average Bonchev–Trinajstić information content (AvgIpc) is 3.42. The van der Waals surface area contributed by atoms with E-state index in [1.165, 1.54) is 22.9 Å². The Labute approximate surface area is 277 Å². The molecular weight excluding hydrogens is 657 g/mol. The second-order valence-electron chi connectivity index (χ2n) is 11.4. The molecule has 0 aliphatic carbocycles. The van der Waals surface area contributed by atoms with E-state index < -0.39 is 24.4 Å². The lowest BCUT2D eigenvalue weighted by Crippen LogP contribution is -2.39. The highest BCUT2D eigenvalue weighted by Gasteiger charge is 2.33. The number of benzene rings is 2. The number of fused-ring (bicyclic) bond motifs is 1. The third-order valence-corrected chi connectivity index (χ3v) is 8.42. The second-order valence-corrected chi connectivity index (χ2v) is 11.8. The van der Waals surface area contributed by atoms with Crippen molar-refractivity contribution >= 4 is 34.0 Å². The molecule has 0 amide bonds. The van der Waals surface area contributed by atoms with E-state index in [9.17, 15) is 13.2 Å². The number of hydrogen-bond acceptors (Lipinski definition) is 8. The molecule has 1 saturated heterocycles. The van der Waals surface area contributed by atoms with Crippen LogP contribution < -0.4 is 10.1 Å². The van der Waals surface area contributed by atoms with Crippen molar-refractivity contribution in [3.63, 3.8) is 0 Å². The molecule has 0 bridgehead atoms. The first kappa shape index (κ1) is 33.5. The van der Waals surface area contributed by atoms with Gasteiger partial charge in [-0.1, -0.05) is 29.8 Å². The summed E-state index contributed by atoms with van der Waals surface area (Å²) in [6.07, 6.45) is 1.38. The van der Waals surface area contributed by atoms with Gasteiger partial charge in [-0.05, 0) is 44.0 Å². The Morgan fingerprint density at radius 1 is 1.02 bits per heavy atom. The number of anilines is 2. The summed E-state index contributed by atoms with van der Waals surface area (Å²) in [5.74, 6) is -0.989. The first-order valence-corrected chi connectivity index (χ1v) is 15.6. The molecule has 0 spiro atoms. The fourth-order valence-electron chi connectivity index (χ4n) is 5.78. The molecule has 4 heterocycles. The summed E-state index contributed by atoms with van der Waals surface area (Å²) in [6.45, 7) is -0.231. The van der Waals surface area contributed by atoms with Crippen LogP contribution in [0.4, 0.5) is 33.5 Å². The van der Waals surface area contributed by atoms with Crippen molar-refractivity contribution in [3.8, 4) is 17.3 Å². The summed E-state index contributed by atoms with van der Waals surface area (Å²) in [5, 5.41) is 8.96. The van der Waals surface area contributed by atoms with Crippen molar-refractivity contribution < 1.29 is 31.4 Å². The smallest absolute Gasteiger partial charge is 0.401 e. The van der Waals surface area contributed by atoms with Gasteiger partial charge in [-0.25, -0.2) is 18.7 Å². The van der Waals surface area contributed by atoms with Crippen molar-refractivity contribution in [2.45, 2.75) is 31.5 Å². The topological polar surface area (TPSA) is 90.2 Å². The number of rotatable bonds is 11. The second kappa shape index (κ2) is 14.4. The number of likely N-dealkylation sites (tertiary alicyclic amines) is 1. The van der Waals surface area contributed by atoms with Crippen molar-refractivity contribution in [2.75, 3.05) is 45.3 Å². The van der Waals surface area contributed by atoms with Crippen LogP contribution in [0.1, 0.15) is 29.9 Å². The van der Waals surface area contributed by atoms with E-state index in [1.807, 2.05) is 12.1 Å². The van der Waals surface area contributed by atoms with Crippen LogP contribution in [0.5, 0.6) is 5.75 Å². The number of methoxy groups -OCH3 is 1. The third kappa shape index (κ3) is 7.66. The van der Waals surface area contributed by atoms with E-state index in [1.54, 1.807) is 30.6 Å². The van der Waals surface area contributed by atoms with Gasteiger partial charge >= 0.3 is 6.18 Å². The number of nitrogens with zero attached hydrogens (tertiary/aromatic N) is 6. The number of hydrogen-bond donors (Lipinski definition) is 1. The third-order valence-electron chi connectivity index (χ3n) is 8.12. The van der Waals surface area contributed by atoms with Gasteiger partial charge in [0.1, 0.15) is 35.5 Å². The number of alkyl halides is 3. The number of nitrogens with one attached hydrogen (secondary N) is 1. The Bertz CT molecular complexity index is 1870. The average molecular weight is 688 g/mol. The normalized spacial score (nSPS) is 14.5. The Morgan fingerprint density at radius 2 is 1.77 bits per heavy atom. The zero-order valence-corrected chi connectivity index (χ0v) is 26.5. The summed E-state index contributed by atoms with van der Waals surface area (Å²) in [6, 6.07) is 11.1. The highest BCUT2D eigenvalue weighted by Crippen LogP contribution is 2.37. The molecule has 5 aromatic rings. The van der Waals surface area contributed by atoms with Gasteiger partial charge in [-0.3, -0.25) is 14.6 Å². The number of aromatic nitrogens is 5. The molecule has 15 heteroatoms. The van der Waals surface area contributed by atoms with E-state index in [0.29, 0.717) is 46.0 Å². The fraction of sp³-hybridized carbons (Fsp3) is 0.333. The number of pyridine rings is 1. The van der Waals surface area contributed by atoms with Gasteiger partial charge in [0.25, 0.3) is 0 Å². The van der Waals surface area contributed by atoms with E-state index in [0.717, 1.165) is 17.7 Å². The number of para-hydroxylation sites is 1. The first-order valence-electron chi connectivity index (χ1n) is 15.2. The van der Waals surface area contributed by atoms with E-state index in [-0.39, 0.29) is 55.9 Å². The fourth-order valence-corrected chi connectivity index (χ4v) is 5.95. The SMILES string of the molecule is COCCOc1cc(F)c(Cn2nc(-c3ncc(C4CCN(CC(F)(F)F)CC4)c(Nc4ccncc4Cl)n3)c3ccccc32)c(F)c1. The summed E-state index contributed by atoms with van der Waals surface area (Å²) >= 11 is 6.40. The minimum atomic E-state index is -4.27. The summed E-state index contributed by atoms with van der Waals surface area (Å²) in [5.41, 5.74) is 2.03. The van der Waals surface area contributed by atoms with Gasteiger partial charge < -0.3 is 14.8 Å². The lowest BCUT2D eigenvalue weighted by atomic mass is 9.90. The van der Waals surface area contributed by atoms with Crippen molar-refractivity contribution in [1.82, 2.24) is 29.6 Å². The van der Waals surface area contributed by atoms with Gasteiger partial charge in [0.15, 0.2) is 5.82 Å². The number of ether oxygens (including phenoxy) is 2. The molecule has 0 saturated carbocycles. The lowest BCUT2D eigenvalue weighted by molar-refractivity contribution is -0.147. The van der Waals surface area contributed by atoms with E-state index >= 15 is 8.78 Å². The summed E-state index contributed by atoms with van der Waals surface area (Å²) in [4.78, 5) is 14.9. The maximum Gasteiger partial charge on any atom is 0.401 e. The largest absolute Gasteiger partial charge is 0.491 e. The van der Waals surface area contributed by atoms with Crippen LogP contribution in [-0.2, 0) is 11.3 Å². The van der Waals surface area contributed by atoms with Crippen LogP contribution in [-0.4, -0.2) is 75.8 Å². The summed E-state index contributed by atoms with van der Waals surface area (Å²) in [7, 11) is 1.50. The molecule has 9 nitrogen and oxygen atoms in total. The molecule has 252 valence electrons. The quantitative estimate of drug-likeness (QED) is 0.114. The maximum absolute atomic E-state index is 15.2. The maximum atomic E-state index is 15.2. The van der Waals surface area contributed by atoms with Crippen LogP contribution in [0.15, 0.2) is 61.1 Å². The highest BCUT2D eigenvalue weighted by molar-refractivity contribution is 6.33. The lowest BCUT2D eigenvalue weighted by Gasteiger charge is -2.33. The van der Waals surface area contributed by atoms with E-state index in [4.69, 9.17) is 31.2 Å². The molecule has 0 radical (unpaired) electrons. The minimum Gasteiger partial charge on any atom is -0.491 e. The molecule has 0 atom stereocenters. The van der Waals surface area contributed by atoms with Gasteiger partial charge in [0, 0.05) is 54.3 Å². The van der Waals surface area contributed by atoms with Crippen molar-refractivity contribution in [3.05, 3.63) is 88.8 Å². The molecule has 6 rings (SSSR count). The number of piperidine rings is 1. The Hall–Kier alpha value is -4.40. The van der Waals surface area contributed by atoms with Crippen LogP contribution in [0.2, 0.25) is 5.02 Å². The van der Waals surface area contributed by atoms with Crippen LogP contribution in [0, 0.1) is 11.6 Å². The van der Waals surface area contributed by atoms with Crippen LogP contribution >= 0.6 is 11.6 Å². The molecule has 1 aliphatic rings. The van der Waals surface area contributed by atoms with Gasteiger partial charge in [0.2, 0.25) is 0 Å².